The molecule has 1 fully saturated rings. The predicted octanol–water partition coefficient (Wildman–Crippen LogP) is 3.06. The lowest BCUT2D eigenvalue weighted by Gasteiger charge is -2.56. The van der Waals surface area contributed by atoms with E-state index < -0.39 is 0 Å². The van der Waals surface area contributed by atoms with Gasteiger partial charge in [-0.3, -0.25) is 0 Å². The van der Waals surface area contributed by atoms with E-state index in [0.29, 0.717) is 17.3 Å². The summed E-state index contributed by atoms with van der Waals surface area (Å²) in [6, 6.07) is 0. The Morgan fingerprint density at radius 1 is 1.60 bits per heavy atom. The monoisotopic (exact) mass is 206 g/mol. The third-order valence-electron chi connectivity index (χ3n) is 4.26. The second kappa shape index (κ2) is 3.22. The van der Waals surface area contributed by atoms with Gasteiger partial charge in [0.05, 0.1) is 0 Å². The van der Waals surface area contributed by atoms with Crippen LogP contribution in [-0.4, -0.2) is 5.97 Å². The number of carbonyl (C=O) groups excluding carboxylic acids is 1. The summed E-state index contributed by atoms with van der Waals surface area (Å²) in [7, 11) is 0. The van der Waals surface area contributed by atoms with Crippen LogP contribution in [0.5, 0.6) is 0 Å². The van der Waals surface area contributed by atoms with E-state index in [9.17, 15) is 4.79 Å². The van der Waals surface area contributed by atoms with Crippen molar-refractivity contribution >= 4 is 5.97 Å². The minimum Gasteiger partial charge on any atom is -0.428 e. The first-order valence-electron chi connectivity index (χ1n) is 5.50. The summed E-state index contributed by atoms with van der Waals surface area (Å²) < 4.78 is 5.27. The number of carbonyl (C=O) groups is 1. The Morgan fingerprint density at radius 3 is 2.73 bits per heavy atom. The Hall–Kier alpha value is -1.05. The van der Waals surface area contributed by atoms with Gasteiger partial charge in [0, 0.05) is 12.5 Å². The van der Waals surface area contributed by atoms with Gasteiger partial charge in [-0.2, -0.15) is 0 Å². The molecule has 1 saturated carbocycles. The third kappa shape index (κ3) is 1.43. The van der Waals surface area contributed by atoms with Gasteiger partial charge in [0.15, 0.2) is 0 Å². The molecule has 0 aromatic heterocycles. The van der Waals surface area contributed by atoms with E-state index >= 15 is 0 Å². The normalized spacial score (nSPS) is 31.9. The summed E-state index contributed by atoms with van der Waals surface area (Å²) in [5.74, 6) is 1.84. The number of esters is 1. The van der Waals surface area contributed by atoms with Gasteiger partial charge >= 0.3 is 5.97 Å². The maximum atomic E-state index is 11.1. The molecule has 3 rings (SSSR count). The number of hydrogen-bond acceptors (Lipinski definition) is 2. The maximum Gasteiger partial charge on any atom is 0.335 e. The van der Waals surface area contributed by atoms with E-state index in [2.05, 4.69) is 27.4 Å². The fourth-order valence-electron chi connectivity index (χ4n) is 2.96. The average molecular weight is 206 g/mol. The van der Waals surface area contributed by atoms with Crippen molar-refractivity contribution in [3.8, 4) is 0 Å². The van der Waals surface area contributed by atoms with Crippen molar-refractivity contribution in [2.24, 2.45) is 17.3 Å². The minimum absolute atomic E-state index is 0.330. The number of allylic oxidation sites excluding steroid dienone is 2. The zero-order valence-corrected chi connectivity index (χ0v) is 9.67. The van der Waals surface area contributed by atoms with Crippen LogP contribution >= 0.6 is 0 Å². The van der Waals surface area contributed by atoms with Crippen molar-refractivity contribution < 1.29 is 9.53 Å². The molecule has 3 aliphatic carbocycles. The van der Waals surface area contributed by atoms with Gasteiger partial charge < -0.3 is 4.74 Å². The number of fused-ring (bicyclic) bond motifs is 1. The first-order chi connectivity index (χ1) is 6.96. The van der Waals surface area contributed by atoms with Crippen molar-refractivity contribution in [2.75, 3.05) is 0 Å². The first-order valence-corrected chi connectivity index (χ1v) is 5.50. The molecule has 0 aromatic rings. The molecule has 0 saturated heterocycles. The quantitative estimate of drug-likeness (QED) is 0.512. The van der Waals surface area contributed by atoms with Crippen molar-refractivity contribution in [1.82, 2.24) is 0 Å². The highest BCUT2D eigenvalue weighted by Crippen LogP contribution is 2.60. The summed E-state index contributed by atoms with van der Waals surface area (Å²) in [6.45, 7) is 10.1. The lowest BCUT2D eigenvalue weighted by molar-refractivity contribution is -0.136. The van der Waals surface area contributed by atoms with Crippen LogP contribution in [0.4, 0.5) is 0 Å². The molecule has 2 bridgehead atoms. The number of hydrogen-bond donors (Lipinski definition) is 0. The molecule has 0 amide bonds. The van der Waals surface area contributed by atoms with Crippen molar-refractivity contribution in [3.05, 3.63) is 24.0 Å². The molecule has 2 atom stereocenters. The summed E-state index contributed by atoms with van der Waals surface area (Å²) in [5.41, 5.74) is 1.66. The molecule has 0 spiro atoms. The van der Waals surface area contributed by atoms with Gasteiger partial charge in [0.2, 0.25) is 0 Å². The van der Waals surface area contributed by atoms with Gasteiger partial charge in [-0.25, -0.2) is 4.79 Å². The molecule has 15 heavy (non-hydrogen) atoms. The molecule has 3 aliphatic rings. The van der Waals surface area contributed by atoms with Gasteiger partial charge in [-0.1, -0.05) is 20.4 Å². The van der Waals surface area contributed by atoms with E-state index in [1.807, 2.05) is 0 Å². The van der Waals surface area contributed by atoms with Crippen molar-refractivity contribution in [1.29, 1.82) is 0 Å². The molecule has 0 radical (unpaired) electrons. The molecule has 0 unspecified atom stereocenters. The maximum absolute atomic E-state index is 11.1. The molecule has 82 valence electrons. The van der Waals surface area contributed by atoms with Gasteiger partial charge in [-0.15, -0.1) is 0 Å². The number of rotatable bonds is 2. The topological polar surface area (TPSA) is 26.3 Å². The van der Waals surface area contributed by atoms with Crippen LogP contribution in [0, 0.1) is 17.3 Å². The highest BCUT2D eigenvalue weighted by molar-refractivity contribution is 5.82. The lowest BCUT2D eigenvalue weighted by Crippen LogP contribution is -2.49. The average Bonchev–Trinajstić information content (AvgIpc) is 2.19. The van der Waals surface area contributed by atoms with Crippen LogP contribution in [0.2, 0.25) is 0 Å². The second-order valence-corrected chi connectivity index (χ2v) is 5.24. The number of ether oxygens (including phenoxy) is 1. The lowest BCUT2D eigenvalue weighted by atomic mass is 9.48. The fraction of sp³-hybridized carbons (Fsp3) is 0.615. The molecule has 2 heteroatoms. The van der Waals surface area contributed by atoms with Crippen LogP contribution in [0.25, 0.3) is 0 Å². The molecular weight excluding hydrogens is 188 g/mol. The fourth-order valence-corrected chi connectivity index (χ4v) is 2.96. The molecule has 0 N–H and O–H groups in total. The Kier molecular flexibility index (Phi) is 2.25. The highest BCUT2D eigenvalue weighted by Gasteiger charge is 2.53. The van der Waals surface area contributed by atoms with Crippen LogP contribution in [0.3, 0.4) is 0 Å². The van der Waals surface area contributed by atoms with Gasteiger partial charge in [-0.05, 0) is 36.2 Å². The molecule has 0 aromatic carbocycles. The molecule has 0 aliphatic heterocycles. The Labute approximate surface area is 91.0 Å². The third-order valence-corrected chi connectivity index (χ3v) is 4.26. The zero-order valence-electron chi connectivity index (χ0n) is 9.67. The molecule has 0 heterocycles. The summed E-state index contributed by atoms with van der Waals surface area (Å²) in [6.07, 6.45) is 3.40. The van der Waals surface area contributed by atoms with Crippen LogP contribution in [-0.2, 0) is 9.53 Å². The van der Waals surface area contributed by atoms with Crippen LogP contribution in [0.1, 0.15) is 33.6 Å². The van der Waals surface area contributed by atoms with E-state index in [-0.39, 0.29) is 5.97 Å². The minimum atomic E-state index is -0.330. The molecular formula is C13H18O2. The SMILES string of the molecule is C=CC(=O)OC1=C(C)[C@H]2C[C@@H](C1)C2(C)C. The molecule has 2 nitrogen and oxygen atoms in total. The highest BCUT2D eigenvalue weighted by atomic mass is 16.5. The van der Waals surface area contributed by atoms with E-state index in [4.69, 9.17) is 4.74 Å². The Morgan fingerprint density at radius 2 is 2.27 bits per heavy atom. The largest absolute Gasteiger partial charge is 0.428 e. The van der Waals surface area contributed by atoms with E-state index in [0.717, 1.165) is 12.2 Å². The zero-order chi connectivity index (χ0) is 11.2. The van der Waals surface area contributed by atoms with Gasteiger partial charge in [0.25, 0.3) is 0 Å². The summed E-state index contributed by atoms with van der Waals surface area (Å²) in [4.78, 5) is 11.1. The van der Waals surface area contributed by atoms with Crippen LogP contribution < -0.4 is 0 Å². The van der Waals surface area contributed by atoms with Crippen molar-refractivity contribution in [2.45, 2.75) is 33.6 Å². The summed E-state index contributed by atoms with van der Waals surface area (Å²) >= 11 is 0. The van der Waals surface area contributed by atoms with Gasteiger partial charge in [0.1, 0.15) is 5.76 Å². The standard InChI is InChI=1S/C13H18O2/c1-5-12(14)15-11-7-9-6-10(8(11)2)13(9,3)4/h5,9-10H,1,6-7H2,2-4H3/t9-,10+/m0/s1. The van der Waals surface area contributed by atoms with Crippen molar-refractivity contribution in [3.63, 3.8) is 0 Å². The first kappa shape index (κ1) is 10.5. The van der Waals surface area contributed by atoms with E-state index in [1.54, 1.807) is 0 Å². The Bertz CT molecular complexity index is 350. The van der Waals surface area contributed by atoms with Crippen LogP contribution in [0.15, 0.2) is 24.0 Å². The van der Waals surface area contributed by atoms with E-state index in [1.165, 1.54) is 18.1 Å². The Balaban J connectivity index is 2.18. The smallest absolute Gasteiger partial charge is 0.335 e. The predicted molar refractivity (Wildman–Crippen MR) is 59.0 cm³/mol. The second-order valence-electron chi connectivity index (χ2n) is 5.24. The summed E-state index contributed by atoms with van der Waals surface area (Å²) in [5, 5.41) is 0.